The van der Waals surface area contributed by atoms with Crippen LogP contribution in [0.15, 0.2) is 85.2 Å². The van der Waals surface area contributed by atoms with E-state index in [0.717, 1.165) is 23.5 Å². The van der Waals surface area contributed by atoms with E-state index in [2.05, 4.69) is 0 Å². The Kier molecular flexibility index (Phi) is 8.25. The molecule has 2 rings (SSSR count). The fourth-order valence-electron chi connectivity index (χ4n) is 1.52. The third-order valence-electron chi connectivity index (χ3n) is 2.50. The van der Waals surface area contributed by atoms with E-state index in [1.165, 1.54) is 6.08 Å². The van der Waals surface area contributed by atoms with Gasteiger partial charge in [0.1, 0.15) is 0 Å². The summed E-state index contributed by atoms with van der Waals surface area (Å²) in [5, 5.41) is 16.6. The summed E-state index contributed by atoms with van der Waals surface area (Å²) in [6.45, 7) is 0. The Morgan fingerprint density at radius 3 is 1.73 bits per heavy atom. The summed E-state index contributed by atoms with van der Waals surface area (Å²) in [4.78, 5) is 10.1. The summed E-state index contributed by atoms with van der Waals surface area (Å²) in [5.74, 6) is -0.933. The fraction of sp³-hybridized carbons (Fsp3) is 0. The highest BCUT2D eigenvalue weighted by atomic mass is 16.4. The first-order chi connectivity index (χ1) is 10.7. The van der Waals surface area contributed by atoms with Crippen LogP contribution in [0, 0.1) is 0 Å². The molecule has 0 heterocycles. The van der Waals surface area contributed by atoms with Gasteiger partial charge in [-0.2, -0.15) is 0 Å². The van der Waals surface area contributed by atoms with Crippen LogP contribution >= 0.6 is 0 Å². The van der Waals surface area contributed by atoms with E-state index in [1.54, 1.807) is 12.2 Å². The molecule has 2 aromatic carbocycles. The zero-order valence-corrected chi connectivity index (χ0v) is 12.0. The minimum absolute atomic E-state index is 0.933. The maximum atomic E-state index is 10.1. The highest BCUT2D eigenvalue weighted by Crippen LogP contribution is 2.00. The quantitative estimate of drug-likeness (QED) is 0.494. The molecule has 0 bridgehead atoms. The van der Waals surface area contributed by atoms with Crippen molar-refractivity contribution in [2.45, 2.75) is 0 Å². The van der Waals surface area contributed by atoms with E-state index in [0.29, 0.717) is 0 Å². The van der Waals surface area contributed by atoms with E-state index in [4.69, 9.17) is 10.2 Å². The molecule has 0 saturated heterocycles. The van der Waals surface area contributed by atoms with Gasteiger partial charge in [-0.05, 0) is 17.2 Å². The minimum atomic E-state index is -0.933. The molecule has 3 nitrogen and oxygen atoms in total. The molecular formula is C19H18O3. The molecule has 0 aliphatic carbocycles. The van der Waals surface area contributed by atoms with Gasteiger partial charge in [-0.25, -0.2) is 4.79 Å². The van der Waals surface area contributed by atoms with E-state index >= 15 is 0 Å². The van der Waals surface area contributed by atoms with Crippen molar-refractivity contribution in [3.05, 3.63) is 96.3 Å². The molecule has 0 aliphatic rings. The van der Waals surface area contributed by atoms with Crippen LogP contribution in [0.25, 0.3) is 12.2 Å². The third kappa shape index (κ3) is 8.17. The van der Waals surface area contributed by atoms with Crippen molar-refractivity contribution in [2.75, 3.05) is 0 Å². The smallest absolute Gasteiger partial charge is 0.328 e. The molecule has 22 heavy (non-hydrogen) atoms. The highest BCUT2D eigenvalue weighted by molar-refractivity contribution is 5.80. The standard InChI is InChI=1S/C11H10O2.C8H8O/c12-11(13)9-5-4-8-10-6-2-1-3-7-10;9-7-6-8-4-2-1-3-5-8/h1-9H,(H,12,13);1-7,9H. The van der Waals surface area contributed by atoms with Gasteiger partial charge < -0.3 is 10.2 Å². The Balaban J connectivity index is 0.000000235. The van der Waals surface area contributed by atoms with Crippen LogP contribution in [0.4, 0.5) is 0 Å². The van der Waals surface area contributed by atoms with E-state index in [1.807, 2.05) is 66.7 Å². The molecule has 0 fully saturated rings. The van der Waals surface area contributed by atoms with Gasteiger partial charge in [0.15, 0.2) is 0 Å². The molecule has 0 aliphatic heterocycles. The molecule has 2 aromatic rings. The largest absolute Gasteiger partial charge is 0.516 e. The number of benzene rings is 2. The van der Waals surface area contributed by atoms with Crippen molar-refractivity contribution >= 4 is 18.1 Å². The molecule has 0 radical (unpaired) electrons. The lowest BCUT2D eigenvalue weighted by molar-refractivity contribution is -0.131. The molecule has 112 valence electrons. The lowest BCUT2D eigenvalue weighted by Gasteiger charge is -1.87. The number of aliphatic carboxylic acids is 1. The van der Waals surface area contributed by atoms with Crippen LogP contribution in [0.2, 0.25) is 0 Å². The average Bonchev–Trinajstić information content (AvgIpc) is 2.54. The summed E-state index contributed by atoms with van der Waals surface area (Å²) >= 11 is 0. The second kappa shape index (κ2) is 10.7. The zero-order chi connectivity index (χ0) is 16.0. The number of aliphatic hydroxyl groups excluding tert-OH is 1. The summed E-state index contributed by atoms with van der Waals surface area (Å²) in [7, 11) is 0. The second-order valence-corrected chi connectivity index (χ2v) is 4.19. The van der Waals surface area contributed by atoms with Gasteiger partial charge in [-0.15, -0.1) is 0 Å². The van der Waals surface area contributed by atoms with Crippen molar-refractivity contribution in [1.82, 2.24) is 0 Å². The van der Waals surface area contributed by atoms with E-state index < -0.39 is 5.97 Å². The third-order valence-corrected chi connectivity index (χ3v) is 2.50. The fourth-order valence-corrected chi connectivity index (χ4v) is 1.52. The Labute approximate surface area is 130 Å². The van der Waals surface area contributed by atoms with Crippen LogP contribution in [0.5, 0.6) is 0 Å². The first-order valence-electron chi connectivity index (χ1n) is 6.71. The molecular weight excluding hydrogens is 276 g/mol. The van der Waals surface area contributed by atoms with Gasteiger partial charge >= 0.3 is 5.97 Å². The molecule has 3 heteroatoms. The van der Waals surface area contributed by atoms with Gasteiger partial charge in [0.25, 0.3) is 0 Å². The van der Waals surface area contributed by atoms with Crippen molar-refractivity contribution < 1.29 is 15.0 Å². The molecule has 0 saturated carbocycles. The molecule has 0 spiro atoms. The number of hydrogen-bond donors (Lipinski definition) is 2. The molecule has 0 amide bonds. The van der Waals surface area contributed by atoms with Crippen molar-refractivity contribution in [3.8, 4) is 0 Å². The predicted octanol–water partition coefficient (Wildman–Crippen LogP) is 4.56. The lowest BCUT2D eigenvalue weighted by atomic mass is 10.2. The molecule has 0 atom stereocenters. The van der Waals surface area contributed by atoms with Gasteiger partial charge in [-0.3, -0.25) is 0 Å². The normalized spacial score (nSPS) is 10.7. The Morgan fingerprint density at radius 2 is 1.27 bits per heavy atom. The number of rotatable bonds is 4. The molecule has 0 unspecified atom stereocenters. The first-order valence-corrected chi connectivity index (χ1v) is 6.71. The zero-order valence-electron chi connectivity index (χ0n) is 12.0. The van der Waals surface area contributed by atoms with Gasteiger partial charge in [0.2, 0.25) is 0 Å². The van der Waals surface area contributed by atoms with Gasteiger partial charge in [-0.1, -0.05) is 78.9 Å². The lowest BCUT2D eigenvalue weighted by Crippen LogP contribution is -1.84. The Morgan fingerprint density at radius 1 is 0.773 bits per heavy atom. The summed E-state index contributed by atoms with van der Waals surface area (Å²) in [6.07, 6.45) is 8.81. The minimum Gasteiger partial charge on any atom is -0.516 e. The van der Waals surface area contributed by atoms with E-state index in [-0.39, 0.29) is 0 Å². The number of carboxylic acids is 1. The Bertz CT molecular complexity index is 626. The van der Waals surface area contributed by atoms with Crippen LogP contribution in [0.3, 0.4) is 0 Å². The number of carbonyl (C=O) groups is 1. The monoisotopic (exact) mass is 294 g/mol. The van der Waals surface area contributed by atoms with Crippen molar-refractivity contribution in [3.63, 3.8) is 0 Å². The van der Waals surface area contributed by atoms with E-state index in [9.17, 15) is 4.79 Å². The summed E-state index contributed by atoms with van der Waals surface area (Å²) in [5.41, 5.74) is 2.07. The van der Waals surface area contributed by atoms with Crippen LogP contribution in [0.1, 0.15) is 11.1 Å². The van der Waals surface area contributed by atoms with Crippen LogP contribution in [-0.4, -0.2) is 16.2 Å². The average molecular weight is 294 g/mol. The number of hydrogen-bond acceptors (Lipinski definition) is 2. The molecule has 2 N–H and O–H groups in total. The predicted molar refractivity (Wildman–Crippen MR) is 90.4 cm³/mol. The van der Waals surface area contributed by atoms with Gasteiger partial charge in [0, 0.05) is 6.08 Å². The Hall–Kier alpha value is -3.07. The number of carboxylic acid groups (broad SMARTS) is 1. The van der Waals surface area contributed by atoms with Crippen LogP contribution < -0.4 is 0 Å². The summed E-state index contributed by atoms with van der Waals surface area (Å²) in [6, 6.07) is 19.3. The summed E-state index contributed by atoms with van der Waals surface area (Å²) < 4.78 is 0. The maximum absolute atomic E-state index is 10.1. The molecule has 0 aromatic heterocycles. The number of allylic oxidation sites excluding steroid dienone is 2. The van der Waals surface area contributed by atoms with Crippen molar-refractivity contribution in [2.24, 2.45) is 0 Å². The SMILES string of the molecule is O=C(O)C=CC=Cc1ccccc1.OC=Cc1ccccc1. The topological polar surface area (TPSA) is 57.5 Å². The highest BCUT2D eigenvalue weighted by Gasteiger charge is 1.82. The first kappa shape index (κ1) is 17.0. The van der Waals surface area contributed by atoms with Crippen LogP contribution in [-0.2, 0) is 4.79 Å². The maximum Gasteiger partial charge on any atom is 0.328 e. The van der Waals surface area contributed by atoms with Crippen molar-refractivity contribution in [1.29, 1.82) is 0 Å². The number of aliphatic hydroxyl groups is 1. The second-order valence-electron chi connectivity index (χ2n) is 4.19. The van der Waals surface area contributed by atoms with Gasteiger partial charge in [0.05, 0.1) is 6.26 Å².